The Kier molecular flexibility index (Phi) is 7.30. The van der Waals surface area contributed by atoms with Crippen LogP contribution in [-0.4, -0.2) is 57.5 Å². The van der Waals surface area contributed by atoms with Crippen LogP contribution in [0.25, 0.3) is 11.0 Å². The molecule has 0 spiro atoms. The second kappa shape index (κ2) is 10.2. The molecule has 0 aliphatic carbocycles. The van der Waals surface area contributed by atoms with Crippen molar-refractivity contribution in [2.75, 3.05) is 19.6 Å². The van der Waals surface area contributed by atoms with Crippen molar-refractivity contribution in [3.8, 4) is 5.75 Å². The van der Waals surface area contributed by atoms with Gasteiger partial charge in [-0.1, -0.05) is 19.0 Å². The van der Waals surface area contributed by atoms with Crippen LogP contribution in [0.2, 0.25) is 18.1 Å². The molecule has 2 N–H and O–H groups in total. The lowest BCUT2D eigenvalue weighted by Gasteiger charge is -2.39. The van der Waals surface area contributed by atoms with Gasteiger partial charge in [0, 0.05) is 47.6 Å². The van der Waals surface area contributed by atoms with E-state index in [1.807, 2.05) is 30.7 Å². The number of phenols is 1. The van der Waals surface area contributed by atoms with E-state index < -0.39 is 8.32 Å². The number of aromatic nitrogens is 3. The summed E-state index contributed by atoms with van der Waals surface area (Å²) in [6.45, 7) is 13.8. The second-order valence-corrected chi connectivity index (χ2v) is 17.1. The maximum Gasteiger partial charge on any atom is 0.256 e. The van der Waals surface area contributed by atoms with Crippen LogP contribution in [0.15, 0.2) is 27.5 Å². The molecule has 2 aliphatic heterocycles. The standard InChI is InChI=1S/C29H42N4O4Si/c1-19-23(28(35)33-13-6-7-21(27(33)30-19)18-29(2,3)38(4,5)36)12-16-32-14-10-20(11-15-32)26-24-9-8-22(34)17-25(24)37-31-26/h8-9,17,20-21,34,36H,6-7,10-16,18H2,1-5H3. The van der Waals surface area contributed by atoms with Crippen LogP contribution in [0.4, 0.5) is 0 Å². The molecule has 1 unspecified atom stereocenters. The minimum atomic E-state index is -2.34. The van der Waals surface area contributed by atoms with E-state index in [1.165, 1.54) is 0 Å². The van der Waals surface area contributed by atoms with E-state index in [2.05, 4.69) is 23.9 Å². The van der Waals surface area contributed by atoms with Crippen molar-refractivity contribution in [1.82, 2.24) is 19.6 Å². The second-order valence-electron chi connectivity index (χ2n) is 12.6. The number of fused-ring (bicyclic) bond motifs is 2. The van der Waals surface area contributed by atoms with Crippen molar-refractivity contribution in [2.45, 2.75) is 95.8 Å². The van der Waals surface area contributed by atoms with Crippen LogP contribution in [-0.2, 0) is 13.0 Å². The molecule has 5 rings (SSSR count). The summed E-state index contributed by atoms with van der Waals surface area (Å²) in [5.74, 6) is 1.66. The van der Waals surface area contributed by atoms with E-state index in [1.54, 1.807) is 12.1 Å². The molecule has 1 atom stereocenters. The Hall–Kier alpha value is -2.49. The number of aromatic hydroxyl groups is 1. The number of likely N-dealkylation sites (tertiary alicyclic amines) is 1. The largest absolute Gasteiger partial charge is 0.508 e. The Bertz CT molecular complexity index is 1370. The average Bonchev–Trinajstić information content (AvgIpc) is 3.27. The van der Waals surface area contributed by atoms with Crippen molar-refractivity contribution in [1.29, 1.82) is 0 Å². The van der Waals surface area contributed by atoms with Gasteiger partial charge in [0.05, 0.1) is 5.69 Å². The van der Waals surface area contributed by atoms with Gasteiger partial charge in [-0.15, -0.1) is 0 Å². The molecule has 8 nitrogen and oxygen atoms in total. The van der Waals surface area contributed by atoms with Gasteiger partial charge in [0.15, 0.2) is 13.9 Å². The number of benzene rings is 1. The molecule has 206 valence electrons. The third-order valence-corrected chi connectivity index (χ3v) is 12.9. The molecule has 3 aromatic rings. The maximum absolute atomic E-state index is 13.6. The van der Waals surface area contributed by atoms with Gasteiger partial charge in [-0.05, 0) is 88.8 Å². The third-order valence-electron chi connectivity index (χ3n) is 9.35. The fourth-order valence-electron chi connectivity index (χ4n) is 6.16. The van der Waals surface area contributed by atoms with Gasteiger partial charge in [0.25, 0.3) is 5.56 Å². The van der Waals surface area contributed by atoms with Crippen molar-refractivity contribution >= 4 is 19.3 Å². The fourth-order valence-corrected chi connectivity index (χ4v) is 6.91. The van der Waals surface area contributed by atoms with Crippen LogP contribution in [0.3, 0.4) is 0 Å². The lowest BCUT2D eigenvalue weighted by Crippen LogP contribution is -2.42. The summed E-state index contributed by atoms with van der Waals surface area (Å²) in [4.78, 5) is 31.9. The number of nitrogens with zero attached hydrogens (tertiary/aromatic N) is 4. The summed E-state index contributed by atoms with van der Waals surface area (Å²) in [7, 11) is -2.34. The molecule has 2 aliphatic rings. The highest BCUT2D eigenvalue weighted by Crippen LogP contribution is 2.46. The van der Waals surface area contributed by atoms with E-state index in [4.69, 9.17) is 9.51 Å². The van der Waals surface area contributed by atoms with Gasteiger partial charge in [0.1, 0.15) is 11.6 Å². The van der Waals surface area contributed by atoms with Gasteiger partial charge in [-0.25, -0.2) is 4.98 Å². The Morgan fingerprint density at radius 3 is 2.61 bits per heavy atom. The molecule has 0 saturated carbocycles. The molecule has 0 amide bonds. The van der Waals surface area contributed by atoms with E-state index in [0.29, 0.717) is 17.9 Å². The molecule has 9 heteroatoms. The van der Waals surface area contributed by atoms with Gasteiger partial charge < -0.3 is 19.3 Å². The van der Waals surface area contributed by atoms with E-state index in [0.717, 1.165) is 86.4 Å². The highest BCUT2D eigenvalue weighted by Gasteiger charge is 2.41. The Morgan fingerprint density at radius 1 is 1.16 bits per heavy atom. The fraction of sp³-hybridized carbons (Fsp3) is 0.621. The summed E-state index contributed by atoms with van der Waals surface area (Å²) >= 11 is 0. The molecule has 2 aromatic heterocycles. The highest BCUT2D eigenvalue weighted by molar-refractivity contribution is 6.72. The zero-order valence-corrected chi connectivity index (χ0v) is 24.5. The first-order valence-corrected chi connectivity index (χ1v) is 17.0. The van der Waals surface area contributed by atoms with E-state index in [-0.39, 0.29) is 22.3 Å². The average molecular weight is 539 g/mol. The van der Waals surface area contributed by atoms with E-state index in [9.17, 15) is 14.7 Å². The third kappa shape index (κ3) is 5.20. The quantitative estimate of drug-likeness (QED) is 0.405. The number of hydrogen-bond acceptors (Lipinski definition) is 7. The first kappa shape index (κ1) is 27.1. The van der Waals surface area contributed by atoms with Gasteiger partial charge in [-0.2, -0.15) is 0 Å². The first-order chi connectivity index (χ1) is 17.9. The lowest BCUT2D eigenvalue weighted by atomic mass is 9.88. The predicted octanol–water partition coefficient (Wildman–Crippen LogP) is 5.07. The highest BCUT2D eigenvalue weighted by atomic mass is 28.4. The van der Waals surface area contributed by atoms with Crippen molar-refractivity contribution in [3.05, 3.63) is 51.3 Å². The summed E-state index contributed by atoms with van der Waals surface area (Å²) in [5, 5.41) is 14.9. The Labute approximate surface area is 225 Å². The van der Waals surface area contributed by atoms with Crippen molar-refractivity contribution in [2.24, 2.45) is 0 Å². The molecule has 4 heterocycles. The lowest BCUT2D eigenvalue weighted by molar-refractivity contribution is 0.211. The van der Waals surface area contributed by atoms with Crippen molar-refractivity contribution < 1.29 is 14.4 Å². The minimum Gasteiger partial charge on any atom is -0.508 e. The van der Waals surface area contributed by atoms with Crippen LogP contribution in [0.5, 0.6) is 5.75 Å². The normalized spacial score (nSPS) is 19.7. The topological polar surface area (TPSA) is 105 Å². The Morgan fingerprint density at radius 2 is 1.89 bits per heavy atom. The summed E-state index contributed by atoms with van der Waals surface area (Å²) < 4.78 is 7.39. The van der Waals surface area contributed by atoms with Crippen LogP contribution < -0.4 is 5.56 Å². The molecule has 0 radical (unpaired) electrons. The number of piperidine rings is 1. The van der Waals surface area contributed by atoms with Crippen LogP contribution >= 0.6 is 0 Å². The number of aryl methyl sites for hydroxylation is 1. The first-order valence-electron chi connectivity index (χ1n) is 14.1. The minimum absolute atomic E-state index is 0.128. The smallest absolute Gasteiger partial charge is 0.256 e. The van der Waals surface area contributed by atoms with E-state index >= 15 is 0 Å². The molecule has 0 bridgehead atoms. The monoisotopic (exact) mass is 538 g/mol. The van der Waals surface area contributed by atoms with Crippen LogP contribution in [0, 0.1) is 6.92 Å². The SMILES string of the molecule is Cc1nc2n(c(=O)c1CCN1CCC(c3noc4cc(O)ccc34)CC1)CCCC2CC(C)(C)[Si](C)(C)O. The van der Waals surface area contributed by atoms with Crippen molar-refractivity contribution in [3.63, 3.8) is 0 Å². The zero-order valence-electron chi connectivity index (χ0n) is 23.5. The summed E-state index contributed by atoms with van der Waals surface area (Å²) in [6.07, 6.45) is 5.56. The van der Waals surface area contributed by atoms with Gasteiger partial charge in [-0.3, -0.25) is 9.36 Å². The molecular formula is C29H42N4O4Si. The molecule has 1 fully saturated rings. The van der Waals surface area contributed by atoms with Gasteiger partial charge >= 0.3 is 0 Å². The Balaban J connectivity index is 1.24. The number of phenolic OH excluding ortho intramolecular Hbond substituents is 1. The summed E-state index contributed by atoms with van der Waals surface area (Å²) in [6, 6.07) is 5.19. The molecule has 1 aromatic carbocycles. The summed E-state index contributed by atoms with van der Waals surface area (Å²) in [5.41, 5.74) is 3.44. The predicted molar refractivity (Wildman–Crippen MR) is 151 cm³/mol. The van der Waals surface area contributed by atoms with Crippen LogP contribution in [0.1, 0.15) is 80.6 Å². The maximum atomic E-state index is 13.6. The number of rotatable bonds is 7. The zero-order chi connectivity index (χ0) is 27.2. The molecule has 38 heavy (non-hydrogen) atoms. The molecule has 1 saturated heterocycles. The number of hydrogen-bond donors (Lipinski definition) is 2. The van der Waals surface area contributed by atoms with Gasteiger partial charge in [0.2, 0.25) is 0 Å². The molecular weight excluding hydrogens is 496 g/mol.